The SMILES string of the molecule is CCC(C)(C)NC(=O)C(N)CCC(=O)O. The Morgan fingerprint density at radius 3 is 2.40 bits per heavy atom. The van der Waals surface area contributed by atoms with Crippen LogP contribution < -0.4 is 11.1 Å². The van der Waals surface area contributed by atoms with Gasteiger partial charge >= 0.3 is 5.97 Å². The Labute approximate surface area is 90.0 Å². The molecule has 1 atom stereocenters. The lowest BCUT2D eigenvalue weighted by Gasteiger charge is -2.26. The smallest absolute Gasteiger partial charge is 0.303 e. The molecular weight excluding hydrogens is 196 g/mol. The summed E-state index contributed by atoms with van der Waals surface area (Å²) < 4.78 is 0. The van der Waals surface area contributed by atoms with Crippen LogP contribution in [0, 0.1) is 0 Å². The van der Waals surface area contributed by atoms with E-state index in [1.54, 1.807) is 0 Å². The molecular formula is C10H20N2O3. The van der Waals surface area contributed by atoms with Gasteiger partial charge in [-0.1, -0.05) is 6.92 Å². The summed E-state index contributed by atoms with van der Waals surface area (Å²) in [6, 6.07) is -0.744. The molecule has 0 aliphatic rings. The number of hydrogen-bond acceptors (Lipinski definition) is 3. The molecule has 0 bridgehead atoms. The Kier molecular flexibility index (Phi) is 5.28. The fraction of sp³-hybridized carbons (Fsp3) is 0.800. The van der Waals surface area contributed by atoms with Gasteiger partial charge in [0.05, 0.1) is 6.04 Å². The number of carboxylic acid groups (broad SMARTS) is 1. The molecule has 0 radical (unpaired) electrons. The fourth-order valence-corrected chi connectivity index (χ4v) is 0.925. The van der Waals surface area contributed by atoms with Gasteiger partial charge in [0.25, 0.3) is 0 Å². The average Bonchev–Trinajstić information content (AvgIpc) is 2.13. The van der Waals surface area contributed by atoms with Crippen molar-refractivity contribution >= 4 is 11.9 Å². The summed E-state index contributed by atoms with van der Waals surface area (Å²) in [5, 5.41) is 11.2. The molecule has 0 heterocycles. The molecule has 5 nitrogen and oxygen atoms in total. The van der Waals surface area contributed by atoms with Crippen LogP contribution in [0.2, 0.25) is 0 Å². The number of hydrogen-bond donors (Lipinski definition) is 3. The molecule has 88 valence electrons. The van der Waals surface area contributed by atoms with E-state index in [0.29, 0.717) is 0 Å². The van der Waals surface area contributed by atoms with E-state index in [-0.39, 0.29) is 24.3 Å². The first-order valence-electron chi connectivity index (χ1n) is 5.08. The molecule has 15 heavy (non-hydrogen) atoms. The first-order valence-corrected chi connectivity index (χ1v) is 5.08. The maximum atomic E-state index is 11.5. The second kappa shape index (κ2) is 5.70. The number of carboxylic acids is 1. The van der Waals surface area contributed by atoms with Crippen molar-refractivity contribution in [3.05, 3.63) is 0 Å². The van der Waals surface area contributed by atoms with Crippen molar-refractivity contribution in [3.63, 3.8) is 0 Å². The summed E-state index contributed by atoms with van der Waals surface area (Å²) in [5.74, 6) is -1.23. The van der Waals surface area contributed by atoms with Crippen molar-refractivity contribution in [3.8, 4) is 0 Å². The minimum Gasteiger partial charge on any atom is -0.481 e. The summed E-state index contributed by atoms with van der Waals surface area (Å²) in [5.41, 5.74) is 5.26. The molecule has 0 fully saturated rings. The lowest BCUT2D eigenvalue weighted by Crippen LogP contribution is -2.50. The molecule has 1 amide bonds. The third-order valence-corrected chi connectivity index (χ3v) is 2.35. The minimum absolute atomic E-state index is 0.0822. The second-order valence-corrected chi connectivity index (χ2v) is 4.27. The van der Waals surface area contributed by atoms with Crippen molar-refractivity contribution in [2.24, 2.45) is 5.73 Å². The average molecular weight is 216 g/mol. The van der Waals surface area contributed by atoms with Gasteiger partial charge < -0.3 is 16.2 Å². The van der Waals surface area contributed by atoms with Gasteiger partial charge in [0, 0.05) is 12.0 Å². The first-order chi connectivity index (χ1) is 6.78. The van der Waals surface area contributed by atoms with Crippen LogP contribution in [0.3, 0.4) is 0 Å². The molecule has 0 aromatic heterocycles. The predicted octanol–water partition coefficient (Wildman–Crippen LogP) is 0.483. The molecule has 0 aliphatic heterocycles. The van der Waals surface area contributed by atoms with Gasteiger partial charge in [-0.2, -0.15) is 0 Å². The molecule has 0 spiro atoms. The van der Waals surface area contributed by atoms with Crippen LogP contribution in [0.5, 0.6) is 0 Å². The molecule has 0 aromatic rings. The zero-order valence-electron chi connectivity index (χ0n) is 9.54. The van der Waals surface area contributed by atoms with Gasteiger partial charge in [-0.3, -0.25) is 9.59 Å². The Bertz CT molecular complexity index is 239. The first kappa shape index (κ1) is 13.9. The van der Waals surface area contributed by atoms with E-state index in [1.165, 1.54) is 0 Å². The topological polar surface area (TPSA) is 92.4 Å². The summed E-state index contributed by atoms with van der Waals surface area (Å²) in [6.45, 7) is 5.76. The van der Waals surface area contributed by atoms with Crippen LogP contribution >= 0.6 is 0 Å². The van der Waals surface area contributed by atoms with Crippen molar-refractivity contribution in [1.29, 1.82) is 0 Å². The summed E-state index contributed by atoms with van der Waals surface area (Å²) in [6.07, 6.45) is 0.881. The van der Waals surface area contributed by atoms with Gasteiger partial charge in [-0.05, 0) is 26.7 Å². The van der Waals surface area contributed by atoms with Crippen molar-refractivity contribution in [1.82, 2.24) is 5.32 Å². The van der Waals surface area contributed by atoms with E-state index in [0.717, 1.165) is 6.42 Å². The second-order valence-electron chi connectivity index (χ2n) is 4.27. The van der Waals surface area contributed by atoms with Gasteiger partial charge in [-0.15, -0.1) is 0 Å². The fourth-order valence-electron chi connectivity index (χ4n) is 0.925. The van der Waals surface area contributed by atoms with Crippen molar-refractivity contribution in [2.75, 3.05) is 0 Å². The zero-order chi connectivity index (χ0) is 12.1. The molecule has 0 saturated heterocycles. The van der Waals surface area contributed by atoms with Gasteiger partial charge in [-0.25, -0.2) is 0 Å². The number of aliphatic carboxylic acids is 1. The maximum Gasteiger partial charge on any atom is 0.303 e. The standard InChI is InChI=1S/C10H20N2O3/c1-4-10(2,3)12-9(15)7(11)5-6-8(13)14/h7H,4-6,11H2,1-3H3,(H,12,15)(H,13,14). The van der Waals surface area contributed by atoms with E-state index in [2.05, 4.69) is 5.32 Å². The molecule has 5 heteroatoms. The van der Waals surface area contributed by atoms with Crippen LogP contribution in [0.1, 0.15) is 40.0 Å². The van der Waals surface area contributed by atoms with E-state index < -0.39 is 12.0 Å². The third kappa shape index (κ3) is 6.06. The highest BCUT2D eigenvalue weighted by atomic mass is 16.4. The van der Waals surface area contributed by atoms with Gasteiger partial charge in [0.15, 0.2) is 0 Å². The van der Waals surface area contributed by atoms with Gasteiger partial charge in [0.1, 0.15) is 0 Å². The van der Waals surface area contributed by atoms with Crippen LogP contribution in [-0.2, 0) is 9.59 Å². The van der Waals surface area contributed by atoms with Crippen molar-refractivity contribution in [2.45, 2.75) is 51.6 Å². The molecule has 0 aromatic carbocycles. The number of nitrogens with two attached hydrogens (primary N) is 1. The number of carbonyl (C=O) groups is 2. The molecule has 4 N–H and O–H groups in total. The summed E-state index contributed by atoms with van der Waals surface area (Å²) in [7, 11) is 0. The van der Waals surface area contributed by atoms with Crippen LogP contribution in [0.15, 0.2) is 0 Å². The Hall–Kier alpha value is -1.10. The van der Waals surface area contributed by atoms with Crippen LogP contribution in [0.4, 0.5) is 0 Å². The number of rotatable bonds is 6. The lowest BCUT2D eigenvalue weighted by molar-refractivity contribution is -0.137. The third-order valence-electron chi connectivity index (χ3n) is 2.35. The highest BCUT2D eigenvalue weighted by molar-refractivity contribution is 5.82. The largest absolute Gasteiger partial charge is 0.481 e. The van der Waals surface area contributed by atoms with E-state index in [1.807, 2.05) is 20.8 Å². The Morgan fingerprint density at radius 1 is 1.47 bits per heavy atom. The Balaban J connectivity index is 4.04. The number of amides is 1. The monoisotopic (exact) mass is 216 g/mol. The summed E-state index contributed by atoms with van der Waals surface area (Å²) in [4.78, 5) is 21.8. The molecule has 0 aliphatic carbocycles. The quantitative estimate of drug-likeness (QED) is 0.602. The highest BCUT2D eigenvalue weighted by Gasteiger charge is 2.22. The zero-order valence-corrected chi connectivity index (χ0v) is 9.54. The van der Waals surface area contributed by atoms with E-state index in [9.17, 15) is 9.59 Å². The number of carbonyl (C=O) groups excluding carboxylic acids is 1. The molecule has 0 rings (SSSR count). The minimum atomic E-state index is -0.937. The van der Waals surface area contributed by atoms with Crippen molar-refractivity contribution < 1.29 is 14.7 Å². The van der Waals surface area contributed by atoms with Crippen LogP contribution in [0.25, 0.3) is 0 Å². The van der Waals surface area contributed by atoms with Crippen LogP contribution in [-0.4, -0.2) is 28.6 Å². The van der Waals surface area contributed by atoms with E-state index in [4.69, 9.17) is 10.8 Å². The molecule has 1 unspecified atom stereocenters. The highest BCUT2D eigenvalue weighted by Crippen LogP contribution is 2.07. The summed E-state index contributed by atoms with van der Waals surface area (Å²) >= 11 is 0. The van der Waals surface area contributed by atoms with Gasteiger partial charge in [0.2, 0.25) is 5.91 Å². The lowest BCUT2D eigenvalue weighted by atomic mass is 10.0. The Morgan fingerprint density at radius 2 is 2.00 bits per heavy atom. The van der Waals surface area contributed by atoms with E-state index >= 15 is 0 Å². The molecule has 0 saturated carbocycles. The maximum absolute atomic E-state index is 11.5. The number of nitrogens with one attached hydrogen (secondary N) is 1. The normalized spacial score (nSPS) is 13.3. The predicted molar refractivity (Wildman–Crippen MR) is 57.4 cm³/mol.